The molecular formula is C25H53NO4Si. The van der Waals surface area contributed by atoms with Gasteiger partial charge in [-0.1, -0.05) is 79.1 Å². The second-order valence-electron chi connectivity index (χ2n) is 10.4. The van der Waals surface area contributed by atoms with Crippen molar-refractivity contribution in [1.82, 2.24) is 5.32 Å². The summed E-state index contributed by atoms with van der Waals surface area (Å²) in [4.78, 5) is 11.8. The van der Waals surface area contributed by atoms with E-state index < -0.39 is 8.32 Å². The number of aliphatic hydroxyl groups excluding tert-OH is 1. The molecule has 0 aromatic carbocycles. The summed E-state index contributed by atoms with van der Waals surface area (Å²) < 4.78 is 11.4. The summed E-state index contributed by atoms with van der Waals surface area (Å²) in [7, 11) is -1.68. The Kier molecular flexibility index (Phi) is 17.8. The zero-order valence-corrected chi connectivity index (χ0v) is 22.6. The van der Waals surface area contributed by atoms with Gasteiger partial charge in [0.25, 0.3) is 0 Å². The van der Waals surface area contributed by atoms with E-state index in [9.17, 15) is 9.90 Å². The predicted octanol–water partition coefficient (Wildman–Crippen LogP) is 6.20. The van der Waals surface area contributed by atoms with E-state index in [4.69, 9.17) is 9.16 Å². The average molecular weight is 460 g/mol. The summed E-state index contributed by atoms with van der Waals surface area (Å²) in [5.74, 6) is -0.0741. The lowest BCUT2D eigenvalue weighted by molar-refractivity contribution is -0.143. The highest BCUT2D eigenvalue weighted by atomic mass is 28.4. The number of rotatable bonds is 20. The Morgan fingerprint density at radius 2 is 1.55 bits per heavy atom. The Morgan fingerprint density at radius 1 is 0.935 bits per heavy atom. The fourth-order valence-electron chi connectivity index (χ4n) is 3.11. The first-order chi connectivity index (χ1) is 14.6. The summed E-state index contributed by atoms with van der Waals surface area (Å²) in [5, 5.41) is 13.6. The Balaban J connectivity index is 3.49. The minimum Gasteiger partial charge on any atom is -0.466 e. The molecule has 0 rings (SSSR count). The standard InChI is InChI=1S/C25H53NO4Si/c1-7-8-9-10-11-12-16-20-29-24(28)18-15-13-14-17-23(27)22-26-19-21-30-31(5,6)25(2,3)4/h23,26-27H,7-22H2,1-6H3. The van der Waals surface area contributed by atoms with Gasteiger partial charge in [-0.2, -0.15) is 0 Å². The van der Waals surface area contributed by atoms with Crippen LogP contribution in [-0.2, 0) is 14.0 Å². The average Bonchev–Trinajstić information content (AvgIpc) is 2.68. The molecule has 31 heavy (non-hydrogen) atoms. The second-order valence-corrected chi connectivity index (χ2v) is 15.2. The first-order valence-corrected chi connectivity index (χ1v) is 15.7. The summed E-state index contributed by atoms with van der Waals surface area (Å²) in [6, 6.07) is 0. The van der Waals surface area contributed by atoms with Crippen LogP contribution in [0.15, 0.2) is 0 Å². The van der Waals surface area contributed by atoms with E-state index in [0.29, 0.717) is 26.2 Å². The minimum absolute atomic E-state index is 0.0741. The molecule has 2 N–H and O–H groups in total. The van der Waals surface area contributed by atoms with Gasteiger partial charge in [-0.05, 0) is 37.4 Å². The van der Waals surface area contributed by atoms with Gasteiger partial charge in [0.15, 0.2) is 8.32 Å². The van der Waals surface area contributed by atoms with Gasteiger partial charge >= 0.3 is 5.97 Å². The van der Waals surface area contributed by atoms with Crippen molar-refractivity contribution in [2.45, 2.75) is 129 Å². The molecule has 0 aliphatic carbocycles. The molecule has 0 saturated heterocycles. The van der Waals surface area contributed by atoms with E-state index in [1.54, 1.807) is 0 Å². The maximum absolute atomic E-state index is 11.8. The van der Waals surface area contributed by atoms with Crippen molar-refractivity contribution < 1.29 is 19.1 Å². The normalized spacial score (nSPS) is 13.4. The van der Waals surface area contributed by atoms with Gasteiger partial charge < -0.3 is 19.6 Å². The number of carbonyl (C=O) groups is 1. The number of ether oxygens (including phenoxy) is 1. The van der Waals surface area contributed by atoms with Crippen LogP contribution in [0.1, 0.15) is 105 Å². The van der Waals surface area contributed by atoms with Crippen LogP contribution in [0, 0.1) is 0 Å². The van der Waals surface area contributed by atoms with Gasteiger partial charge in [-0.15, -0.1) is 0 Å². The van der Waals surface area contributed by atoms with E-state index in [0.717, 1.165) is 45.1 Å². The molecule has 0 fully saturated rings. The fraction of sp³-hybridized carbons (Fsp3) is 0.960. The smallest absolute Gasteiger partial charge is 0.305 e. The molecule has 5 nitrogen and oxygen atoms in total. The van der Waals surface area contributed by atoms with Crippen molar-refractivity contribution in [1.29, 1.82) is 0 Å². The number of nitrogens with one attached hydrogen (secondary N) is 1. The first kappa shape index (κ1) is 30.6. The van der Waals surface area contributed by atoms with Crippen LogP contribution < -0.4 is 5.32 Å². The second kappa shape index (κ2) is 18.0. The lowest BCUT2D eigenvalue weighted by Crippen LogP contribution is -2.42. The molecule has 0 aromatic heterocycles. The molecule has 0 saturated carbocycles. The topological polar surface area (TPSA) is 67.8 Å². The van der Waals surface area contributed by atoms with Crippen LogP contribution in [-0.4, -0.2) is 51.8 Å². The molecule has 1 unspecified atom stereocenters. The lowest BCUT2D eigenvalue weighted by atomic mass is 10.1. The Labute approximate surface area is 194 Å². The third-order valence-corrected chi connectivity index (χ3v) is 10.9. The number of hydrogen-bond donors (Lipinski definition) is 2. The van der Waals surface area contributed by atoms with Crippen molar-refractivity contribution in [2.75, 3.05) is 26.3 Å². The summed E-state index contributed by atoms with van der Waals surface area (Å²) in [5.41, 5.74) is 0. The van der Waals surface area contributed by atoms with E-state index in [-0.39, 0.29) is 17.1 Å². The van der Waals surface area contributed by atoms with Crippen LogP contribution in [0.3, 0.4) is 0 Å². The van der Waals surface area contributed by atoms with Gasteiger partial charge in [0.05, 0.1) is 12.7 Å². The molecule has 0 spiro atoms. The molecule has 0 bridgehead atoms. The number of carbonyl (C=O) groups excluding carboxylic acids is 1. The SMILES string of the molecule is CCCCCCCCCOC(=O)CCCCCC(O)CNCCO[Si](C)(C)C(C)(C)C. The molecule has 0 radical (unpaired) electrons. The molecule has 0 aromatic rings. The van der Waals surface area contributed by atoms with Crippen LogP contribution in [0.4, 0.5) is 0 Å². The monoisotopic (exact) mass is 459 g/mol. The van der Waals surface area contributed by atoms with Crippen LogP contribution >= 0.6 is 0 Å². The van der Waals surface area contributed by atoms with Crippen molar-refractivity contribution in [2.24, 2.45) is 0 Å². The number of aliphatic hydroxyl groups is 1. The van der Waals surface area contributed by atoms with E-state index >= 15 is 0 Å². The van der Waals surface area contributed by atoms with Crippen molar-refractivity contribution in [3.05, 3.63) is 0 Å². The summed E-state index contributed by atoms with van der Waals surface area (Å²) in [6.45, 7) is 16.1. The molecular weight excluding hydrogens is 406 g/mol. The highest BCUT2D eigenvalue weighted by Crippen LogP contribution is 2.36. The molecule has 0 amide bonds. The zero-order chi connectivity index (χ0) is 23.6. The quantitative estimate of drug-likeness (QED) is 0.129. The van der Waals surface area contributed by atoms with Crippen molar-refractivity contribution in [3.8, 4) is 0 Å². The number of esters is 1. The van der Waals surface area contributed by atoms with Gasteiger partial charge in [-0.25, -0.2) is 0 Å². The summed E-state index contributed by atoms with van der Waals surface area (Å²) in [6.07, 6.45) is 12.3. The molecule has 0 aliphatic rings. The first-order valence-electron chi connectivity index (χ1n) is 12.8. The van der Waals surface area contributed by atoms with Gasteiger partial charge in [0.1, 0.15) is 0 Å². The number of unbranched alkanes of at least 4 members (excludes halogenated alkanes) is 8. The summed E-state index contributed by atoms with van der Waals surface area (Å²) >= 11 is 0. The molecule has 186 valence electrons. The van der Waals surface area contributed by atoms with E-state index in [1.807, 2.05) is 0 Å². The van der Waals surface area contributed by atoms with Gasteiger partial charge in [0.2, 0.25) is 0 Å². The molecule has 0 aliphatic heterocycles. The third-order valence-electron chi connectivity index (χ3n) is 6.36. The van der Waals surface area contributed by atoms with Crippen LogP contribution in [0.2, 0.25) is 18.1 Å². The third kappa shape index (κ3) is 17.8. The maximum Gasteiger partial charge on any atom is 0.305 e. The lowest BCUT2D eigenvalue weighted by Gasteiger charge is -2.36. The van der Waals surface area contributed by atoms with E-state index in [2.05, 4.69) is 46.1 Å². The zero-order valence-electron chi connectivity index (χ0n) is 21.6. The largest absolute Gasteiger partial charge is 0.466 e. The van der Waals surface area contributed by atoms with Crippen molar-refractivity contribution >= 4 is 14.3 Å². The van der Waals surface area contributed by atoms with Crippen LogP contribution in [0.25, 0.3) is 0 Å². The number of hydrogen-bond acceptors (Lipinski definition) is 5. The minimum atomic E-state index is -1.68. The highest BCUT2D eigenvalue weighted by molar-refractivity contribution is 6.74. The Morgan fingerprint density at radius 3 is 2.19 bits per heavy atom. The highest BCUT2D eigenvalue weighted by Gasteiger charge is 2.36. The maximum atomic E-state index is 11.8. The van der Waals surface area contributed by atoms with Gasteiger partial charge in [0, 0.05) is 26.1 Å². The molecule has 1 atom stereocenters. The fourth-order valence-corrected chi connectivity index (χ4v) is 4.15. The Bertz CT molecular complexity index is 438. The predicted molar refractivity (Wildman–Crippen MR) is 134 cm³/mol. The molecule has 6 heteroatoms. The molecule has 0 heterocycles. The van der Waals surface area contributed by atoms with E-state index in [1.165, 1.54) is 32.1 Å². The van der Waals surface area contributed by atoms with Crippen molar-refractivity contribution in [3.63, 3.8) is 0 Å². The van der Waals surface area contributed by atoms with Gasteiger partial charge in [-0.3, -0.25) is 4.79 Å². The van der Waals surface area contributed by atoms with Crippen LogP contribution in [0.5, 0.6) is 0 Å². The Hall–Kier alpha value is -0.433.